The maximum atomic E-state index is 12.6. The lowest BCUT2D eigenvalue weighted by Crippen LogP contribution is -2.17. The normalized spacial score (nSPS) is 11.7. The Morgan fingerprint density at radius 2 is 1.96 bits per heavy atom. The van der Waals surface area contributed by atoms with Crippen molar-refractivity contribution in [2.45, 2.75) is 6.18 Å². The molecular weight excluding hydrogens is 377 g/mol. The Morgan fingerprint density at radius 1 is 1.22 bits per heavy atom. The zero-order chi connectivity index (χ0) is 17.0. The minimum atomic E-state index is -4.53. The molecule has 0 radical (unpaired) electrons. The van der Waals surface area contributed by atoms with Crippen LogP contribution in [-0.4, -0.2) is 17.2 Å². The van der Waals surface area contributed by atoms with Gasteiger partial charge < -0.3 is 5.11 Å². The number of carbonyl (C=O) groups excluding carboxylic acids is 1. The summed E-state index contributed by atoms with van der Waals surface area (Å²) in [5.41, 5.74) is 1.42. The molecule has 1 amide bonds. The lowest BCUT2D eigenvalue weighted by Gasteiger charge is -2.08. The number of hydrogen-bond acceptors (Lipinski definition) is 3. The van der Waals surface area contributed by atoms with Gasteiger partial charge in [-0.1, -0.05) is 22.0 Å². The van der Waals surface area contributed by atoms with E-state index in [-0.39, 0.29) is 11.3 Å². The molecule has 0 bridgehead atoms. The third kappa shape index (κ3) is 4.56. The average Bonchev–Trinajstić information content (AvgIpc) is 2.47. The summed E-state index contributed by atoms with van der Waals surface area (Å²) in [6.45, 7) is 0. The van der Waals surface area contributed by atoms with E-state index >= 15 is 0 Å². The van der Waals surface area contributed by atoms with Crippen molar-refractivity contribution >= 4 is 28.1 Å². The summed E-state index contributed by atoms with van der Waals surface area (Å²) in [4.78, 5) is 11.8. The number of halogens is 4. The van der Waals surface area contributed by atoms with Crippen LogP contribution in [0, 0.1) is 0 Å². The quantitative estimate of drug-likeness (QED) is 0.619. The first kappa shape index (κ1) is 17.0. The van der Waals surface area contributed by atoms with Crippen LogP contribution in [0.2, 0.25) is 0 Å². The Bertz CT molecular complexity index is 761. The second-order valence-electron chi connectivity index (χ2n) is 4.48. The number of rotatable bonds is 3. The molecule has 0 saturated carbocycles. The van der Waals surface area contributed by atoms with Gasteiger partial charge in [-0.05, 0) is 36.4 Å². The topological polar surface area (TPSA) is 61.7 Å². The molecule has 2 rings (SSSR count). The molecule has 2 aromatic rings. The standard InChI is InChI=1S/C15H10BrF3N2O2/c16-12-3-1-2-9(7-12)14(23)21-20-8-10-6-11(15(17,18)19)4-5-13(10)22/h1-8,22H,(H,21,23). The molecule has 0 aliphatic heterocycles. The van der Waals surface area contributed by atoms with Crippen LogP contribution in [0.5, 0.6) is 5.75 Å². The highest BCUT2D eigenvalue weighted by atomic mass is 79.9. The summed E-state index contributed by atoms with van der Waals surface area (Å²) in [5.74, 6) is -0.910. The van der Waals surface area contributed by atoms with E-state index < -0.39 is 17.6 Å². The second kappa shape index (κ2) is 6.82. The minimum absolute atomic E-state index is 0.158. The molecule has 0 fully saturated rings. The number of aromatic hydroxyl groups is 1. The fourth-order valence-corrected chi connectivity index (χ4v) is 2.09. The van der Waals surface area contributed by atoms with Crippen molar-refractivity contribution in [2.75, 3.05) is 0 Å². The van der Waals surface area contributed by atoms with Gasteiger partial charge in [-0.25, -0.2) is 5.43 Å². The molecular formula is C15H10BrF3N2O2. The lowest BCUT2D eigenvalue weighted by atomic mass is 10.1. The number of hydrazone groups is 1. The molecule has 4 nitrogen and oxygen atoms in total. The van der Waals surface area contributed by atoms with Crippen LogP contribution in [0.1, 0.15) is 21.5 Å². The Kier molecular flexibility index (Phi) is 5.05. The predicted octanol–water partition coefficient (Wildman–Crippen LogP) is 3.94. The molecule has 0 aliphatic rings. The molecule has 0 atom stereocenters. The number of nitrogens with one attached hydrogen (secondary N) is 1. The van der Waals surface area contributed by atoms with Gasteiger partial charge in [0.25, 0.3) is 5.91 Å². The average molecular weight is 387 g/mol. The first-order valence-corrected chi connectivity index (χ1v) is 7.06. The first-order valence-electron chi connectivity index (χ1n) is 6.26. The smallest absolute Gasteiger partial charge is 0.416 e. The highest BCUT2D eigenvalue weighted by Crippen LogP contribution is 2.31. The van der Waals surface area contributed by atoms with E-state index in [1.807, 2.05) is 0 Å². The van der Waals surface area contributed by atoms with Crippen LogP contribution in [-0.2, 0) is 6.18 Å². The minimum Gasteiger partial charge on any atom is -0.507 e. The molecule has 0 heterocycles. The molecule has 8 heteroatoms. The van der Waals surface area contributed by atoms with Gasteiger partial charge in [0.1, 0.15) is 5.75 Å². The molecule has 2 N–H and O–H groups in total. The van der Waals surface area contributed by atoms with Crippen molar-refractivity contribution < 1.29 is 23.1 Å². The molecule has 0 saturated heterocycles. The summed E-state index contributed by atoms with van der Waals surface area (Å²) in [6.07, 6.45) is -3.59. The highest BCUT2D eigenvalue weighted by Gasteiger charge is 2.30. The number of phenols is 1. The number of hydrogen-bond donors (Lipinski definition) is 2. The van der Waals surface area contributed by atoms with Crippen LogP contribution in [0.4, 0.5) is 13.2 Å². The van der Waals surface area contributed by atoms with Gasteiger partial charge in [0.15, 0.2) is 0 Å². The fraction of sp³-hybridized carbons (Fsp3) is 0.0667. The third-order valence-corrected chi connectivity index (χ3v) is 3.30. The van der Waals surface area contributed by atoms with Crippen LogP contribution in [0.3, 0.4) is 0 Å². The predicted molar refractivity (Wildman–Crippen MR) is 82.3 cm³/mol. The summed E-state index contributed by atoms with van der Waals surface area (Å²) < 4.78 is 38.5. The summed E-state index contributed by atoms with van der Waals surface area (Å²) in [5, 5.41) is 13.1. The van der Waals surface area contributed by atoms with E-state index in [1.54, 1.807) is 24.3 Å². The van der Waals surface area contributed by atoms with Crippen molar-refractivity contribution in [1.82, 2.24) is 5.43 Å². The highest BCUT2D eigenvalue weighted by molar-refractivity contribution is 9.10. The first-order chi connectivity index (χ1) is 10.8. The number of benzene rings is 2. The molecule has 120 valence electrons. The lowest BCUT2D eigenvalue weighted by molar-refractivity contribution is -0.137. The fourth-order valence-electron chi connectivity index (χ4n) is 1.69. The van der Waals surface area contributed by atoms with Crippen molar-refractivity contribution in [3.63, 3.8) is 0 Å². The third-order valence-electron chi connectivity index (χ3n) is 2.81. The van der Waals surface area contributed by atoms with Crippen molar-refractivity contribution in [1.29, 1.82) is 0 Å². The van der Waals surface area contributed by atoms with Gasteiger partial charge in [0, 0.05) is 15.6 Å². The molecule has 0 aromatic heterocycles. The van der Waals surface area contributed by atoms with Crippen molar-refractivity contribution in [2.24, 2.45) is 5.10 Å². The Hall–Kier alpha value is -2.35. The van der Waals surface area contributed by atoms with E-state index in [9.17, 15) is 23.1 Å². The van der Waals surface area contributed by atoms with E-state index in [0.717, 1.165) is 24.4 Å². The molecule has 0 aliphatic carbocycles. The Morgan fingerprint density at radius 3 is 2.61 bits per heavy atom. The summed E-state index contributed by atoms with van der Waals surface area (Å²) in [6, 6.07) is 8.92. The number of phenolic OH excluding ortho intramolecular Hbond substituents is 1. The van der Waals surface area contributed by atoms with Crippen LogP contribution in [0.25, 0.3) is 0 Å². The van der Waals surface area contributed by atoms with Crippen LogP contribution in [0.15, 0.2) is 52.0 Å². The zero-order valence-corrected chi connectivity index (χ0v) is 13.0. The van der Waals surface area contributed by atoms with Gasteiger partial charge in [-0.3, -0.25) is 4.79 Å². The van der Waals surface area contributed by atoms with Crippen molar-refractivity contribution in [3.8, 4) is 5.75 Å². The van der Waals surface area contributed by atoms with E-state index in [2.05, 4.69) is 26.5 Å². The van der Waals surface area contributed by atoms with Gasteiger partial charge >= 0.3 is 6.18 Å². The number of nitrogens with zero attached hydrogens (tertiary/aromatic N) is 1. The number of amides is 1. The van der Waals surface area contributed by atoms with Crippen LogP contribution < -0.4 is 5.43 Å². The Labute approximate surface area is 137 Å². The van der Waals surface area contributed by atoms with E-state index in [1.165, 1.54) is 0 Å². The number of alkyl halides is 3. The SMILES string of the molecule is O=C(NN=Cc1cc(C(F)(F)F)ccc1O)c1cccc(Br)c1. The van der Waals surface area contributed by atoms with Gasteiger partial charge in [0.2, 0.25) is 0 Å². The molecule has 0 unspecified atom stereocenters. The van der Waals surface area contributed by atoms with Gasteiger partial charge in [-0.2, -0.15) is 18.3 Å². The van der Waals surface area contributed by atoms with E-state index in [0.29, 0.717) is 10.0 Å². The summed E-state index contributed by atoms with van der Waals surface area (Å²) >= 11 is 3.21. The van der Waals surface area contributed by atoms with Crippen LogP contribution >= 0.6 is 15.9 Å². The van der Waals surface area contributed by atoms with Gasteiger partial charge in [-0.15, -0.1) is 0 Å². The summed E-state index contributed by atoms with van der Waals surface area (Å²) in [7, 11) is 0. The van der Waals surface area contributed by atoms with Crippen molar-refractivity contribution in [3.05, 3.63) is 63.6 Å². The zero-order valence-electron chi connectivity index (χ0n) is 11.4. The maximum absolute atomic E-state index is 12.6. The maximum Gasteiger partial charge on any atom is 0.416 e. The number of carbonyl (C=O) groups is 1. The van der Waals surface area contributed by atoms with Gasteiger partial charge in [0.05, 0.1) is 11.8 Å². The largest absolute Gasteiger partial charge is 0.507 e. The Balaban J connectivity index is 2.13. The molecule has 2 aromatic carbocycles. The monoisotopic (exact) mass is 386 g/mol. The van der Waals surface area contributed by atoms with E-state index in [4.69, 9.17) is 0 Å². The molecule has 23 heavy (non-hydrogen) atoms. The molecule has 0 spiro atoms. The second-order valence-corrected chi connectivity index (χ2v) is 5.40.